The van der Waals surface area contributed by atoms with Crippen LogP contribution in [0.2, 0.25) is 0 Å². The minimum absolute atomic E-state index is 0. The molecule has 51 heavy (non-hydrogen) atoms. The van der Waals surface area contributed by atoms with E-state index in [-0.39, 0.29) is 118 Å². The van der Waals surface area contributed by atoms with Gasteiger partial charge in [0.1, 0.15) is 54.2 Å². The van der Waals surface area contributed by atoms with Crippen molar-refractivity contribution in [1.82, 2.24) is 45.0 Å². The van der Waals surface area contributed by atoms with Gasteiger partial charge in [0.05, 0.1) is 18.6 Å². The average Bonchev–Trinajstić information content (AvgIpc) is 3.89. The summed E-state index contributed by atoms with van der Waals surface area (Å²) in [4.78, 5) is 0. The Hall–Kier alpha value is -2.99. The first kappa shape index (κ1) is 40.8. The van der Waals surface area contributed by atoms with Crippen molar-refractivity contribution < 1.29 is 112 Å². The van der Waals surface area contributed by atoms with Crippen LogP contribution < -0.4 is 14.2 Å². The summed E-state index contributed by atoms with van der Waals surface area (Å²) in [5, 5.41) is 25.5. The number of ether oxygens (including phenoxy) is 3. The fraction of sp³-hybridized carbons (Fsp3) is 0.167. The fourth-order valence-corrected chi connectivity index (χ4v) is 4.85. The number of hydrogen-bond acceptors (Lipinski definition) is 9. The molecule has 12 nitrogen and oxygen atoms in total. The molecule has 3 radical (unpaired) electrons. The summed E-state index contributed by atoms with van der Waals surface area (Å²) in [5.74, 6) is 1.64. The van der Waals surface area contributed by atoms with E-state index in [0.29, 0.717) is 54.0 Å². The second-order valence-corrected chi connectivity index (χ2v) is 11.0. The van der Waals surface area contributed by atoms with Crippen molar-refractivity contribution in [2.24, 2.45) is 0 Å². The Bertz CT molecular complexity index is 1800. The molecule has 0 spiro atoms. The van der Waals surface area contributed by atoms with Crippen molar-refractivity contribution in [3.05, 3.63) is 162 Å². The van der Waals surface area contributed by atoms with E-state index in [4.69, 9.17) is 14.2 Å². The zero-order valence-electron chi connectivity index (χ0n) is 27.6. The van der Waals surface area contributed by atoms with Gasteiger partial charge in [-0.15, -0.1) is 32.0 Å². The molecule has 0 saturated carbocycles. The minimum atomic E-state index is 0. The number of aromatic nitrogens is 9. The normalized spacial score (nSPS) is 10.4. The summed E-state index contributed by atoms with van der Waals surface area (Å²) in [6.07, 6.45) is 5.59. The van der Waals surface area contributed by atoms with Crippen LogP contribution in [0.1, 0.15) is 33.8 Å². The van der Waals surface area contributed by atoms with Gasteiger partial charge in [-0.25, -0.2) is 14.0 Å². The zero-order valence-corrected chi connectivity index (χ0v) is 36.1. The molecule has 4 aromatic carbocycles. The molecule has 249 valence electrons. The average molecular weight is 903 g/mol. The molecule has 3 aromatic heterocycles. The third-order valence-electron chi connectivity index (χ3n) is 7.17. The van der Waals surface area contributed by atoms with Gasteiger partial charge in [-0.2, -0.15) is 91.0 Å². The van der Waals surface area contributed by atoms with E-state index in [9.17, 15) is 0 Å². The van der Waals surface area contributed by atoms with Gasteiger partial charge in [-0.3, -0.25) is 0 Å². The first-order valence-electron chi connectivity index (χ1n) is 15.3. The molecule has 0 amide bonds. The van der Waals surface area contributed by atoms with Gasteiger partial charge in [-0.1, -0.05) is 15.6 Å². The maximum Gasteiger partial charge on any atom is 0.134 e. The summed E-state index contributed by atoms with van der Waals surface area (Å²) in [6.45, 7) is 2.44. The van der Waals surface area contributed by atoms with Gasteiger partial charge in [0.15, 0.2) is 0 Å². The fourth-order valence-electron chi connectivity index (χ4n) is 4.85. The van der Waals surface area contributed by atoms with Crippen LogP contribution in [-0.2, 0) is 138 Å². The summed E-state index contributed by atoms with van der Waals surface area (Å²) in [7, 11) is 0. The Balaban J connectivity index is 0.00000194. The van der Waals surface area contributed by atoms with E-state index in [0.717, 1.165) is 16.7 Å². The van der Waals surface area contributed by atoms with Gasteiger partial charge in [0, 0.05) is 136 Å². The summed E-state index contributed by atoms with van der Waals surface area (Å²) in [6, 6.07) is 37.7. The van der Waals surface area contributed by atoms with Crippen LogP contribution in [0, 0.1) is 18.2 Å². The second kappa shape index (κ2) is 20.9. The van der Waals surface area contributed by atoms with E-state index in [1.807, 2.05) is 91.4 Å². The standard InChI is InChI=1S/C36H30N9O3.3Y/c1-4-10-28(11-5-1)19-43-22-31(37-40-43)25-46-34-16-35(47-26-32-23-44(41-38-32)20-29-12-6-2-7-13-29)18-36(17-34)48-27-33-24-45(42-39-33)21-30-14-8-3-9-15-30;;;/h4-18,22-24H,19-21,25-27H2;;;/q-3;;;. The Morgan fingerprint density at radius 2 is 0.706 bits per heavy atom. The Labute approximate surface area is 371 Å². The second-order valence-electron chi connectivity index (χ2n) is 11.0. The van der Waals surface area contributed by atoms with Gasteiger partial charge in [0.2, 0.25) is 0 Å². The topological polar surface area (TPSA) is 120 Å². The smallest absolute Gasteiger partial charge is 0.134 e. The third kappa shape index (κ3) is 12.6. The van der Waals surface area contributed by atoms with Crippen LogP contribution in [0.4, 0.5) is 0 Å². The van der Waals surface area contributed by atoms with E-state index < -0.39 is 0 Å². The van der Waals surface area contributed by atoms with Crippen molar-refractivity contribution >= 4 is 0 Å². The van der Waals surface area contributed by atoms with Crippen molar-refractivity contribution in [3.63, 3.8) is 0 Å². The molecule has 0 saturated heterocycles. The summed E-state index contributed by atoms with van der Waals surface area (Å²) < 4.78 is 23.7. The molecule has 7 rings (SSSR count). The maximum atomic E-state index is 6.13. The molecule has 0 N–H and O–H groups in total. The monoisotopic (exact) mass is 903 g/mol. The van der Waals surface area contributed by atoms with Crippen LogP contribution in [-0.4, -0.2) is 45.0 Å². The van der Waals surface area contributed by atoms with Crippen LogP contribution >= 0.6 is 0 Å². The largest absolute Gasteiger partial charge is 0.487 e. The van der Waals surface area contributed by atoms with E-state index in [1.54, 1.807) is 32.2 Å². The molecule has 0 aliphatic rings. The summed E-state index contributed by atoms with van der Waals surface area (Å²) in [5.41, 5.74) is 5.38. The van der Waals surface area contributed by atoms with E-state index in [1.165, 1.54) is 0 Å². The molecule has 0 aliphatic carbocycles. The Morgan fingerprint density at radius 3 is 0.980 bits per heavy atom. The molecule has 0 aliphatic heterocycles. The number of rotatable bonds is 15. The van der Waals surface area contributed by atoms with Crippen molar-refractivity contribution in [1.29, 1.82) is 0 Å². The van der Waals surface area contributed by atoms with Crippen molar-refractivity contribution in [2.45, 2.75) is 39.5 Å². The molecule has 0 fully saturated rings. The van der Waals surface area contributed by atoms with Crippen molar-refractivity contribution in [2.75, 3.05) is 0 Å². The molecule has 0 unspecified atom stereocenters. The van der Waals surface area contributed by atoms with Gasteiger partial charge in [0.25, 0.3) is 0 Å². The maximum absolute atomic E-state index is 6.13. The van der Waals surface area contributed by atoms with Crippen LogP contribution in [0.25, 0.3) is 0 Å². The predicted octanol–water partition coefficient (Wildman–Crippen LogP) is 4.74. The molecule has 7 aromatic rings. The molecule has 3 heterocycles. The molecule has 0 bridgehead atoms. The number of benzene rings is 4. The first-order chi connectivity index (χ1) is 23.7. The first-order valence-corrected chi connectivity index (χ1v) is 15.3. The number of nitrogens with zero attached hydrogens (tertiary/aromatic N) is 9. The molecular formula is C36H30N9O3Y3-3. The molecule has 0 atom stereocenters. The minimum Gasteiger partial charge on any atom is -0.487 e. The van der Waals surface area contributed by atoms with E-state index >= 15 is 0 Å². The quantitative estimate of drug-likeness (QED) is 0.135. The Kier molecular flexibility index (Phi) is 16.7. The van der Waals surface area contributed by atoms with Gasteiger partial charge in [-0.05, 0) is 0 Å². The molecule has 15 heteroatoms. The van der Waals surface area contributed by atoms with E-state index in [2.05, 4.69) is 49.1 Å². The Morgan fingerprint density at radius 1 is 0.431 bits per heavy atom. The van der Waals surface area contributed by atoms with Crippen LogP contribution in [0.15, 0.2) is 110 Å². The molecular weight excluding hydrogens is 873 g/mol. The zero-order chi connectivity index (χ0) is 32.4. The van der Waals surface area contributed by atoms with Crippen LogP contribution in [0.3, 0.4) is 0 Å². The predicted molar refractivity (Wildman–Crippen MR) is 173 cm³/mol. The SMILES string of the molecule is [Y].[Y].[Y].[c-]1ccc(Cn2cc(COc3cc(OCc4cn(Cc5cc[c-]cc5)nn4)cc(OCc4cn(Cc5cc[c-]cc5)nn4)c3)nn2)cc1. The third-order valence-corrected chi connectivity index (χ3v) is 7.17. The summed E-state index contributed by atoms with van der Waals surface area (Å²) >= 11 is 0. The number of hydrogen-bond donors (Lipinski definition) is 0. The van der Waals surface area contributed by atoms with Crippen molar-refractivity contribution in [3.8, 4) is 17.2 Å². The van der Waals surface area contributed by atoms with Gasteiger partial charge >= 0.3 is 0 Å². The van der Waals surface area contributed by atoms with Gasteiger partial charge < -0.3 is 14.2 Å². The van der Waals surface area contributed by atoms with Crippen LogP contribution in [0.5, 0.6) is 17.2 Å².